The van der Waals surface area contributed by atoms with Crippen molar-refractivity contribution in [3.8, 4) is 0 Å². The first-order chi connectivity index (χ1) is 13.9. The molecule has 1 amide bonds. The molecule has 2 N–H and O–H groups in total. The van der Waals surface area contributed by atoms with Crippen LogP contribution >= 0.6 is 0 Å². The molecule has 0 aliphatic carbocycles. The van der Waals surface area contributed by atoms with Crippen LogP contribution in [0.1, 0.15) is 48.3 Å². The summed E-state index contributed by atoms with van der Waals surface area (Å²) in [6.45, 7) is 5.70. The smallest absolute Gasteiger partial charge is 0.244 e. The lowest BCUT2D eigenvalue weighted by atomic mass is 9.98. The van der Waals surface area contributed by atoms with Gasteiger partial charge in [-0.2, -0.15) is 0 Å². The number of amides is 1. The number of para-hydroxylation sites is 1. The molecule has 0 aliphatic rings. The molecule has 4 nitrogen and oxygen atoms in total. The summed E-state index contributed by atoms with van der Waals surface area (Å²) in [4.78, 5) is 25.9. The zero-order valence-electron chi connectivity index (χ0n) is 17.0. The van der Waals surface area contributed by atoms with E-state index in [2.05, 4.69) is 10.6 Å². The quantitative estimate of drug-likeness (QED) is 0.563. The zero-order chi connectivity index (χ0) is 20.9. The van der Waals surface area contributed by atoms with Crippen LogP contribution in [0.2, 0.25) is 0 Å². The third-order valence-electron chi connectivity index (χ3n) is 4.90. The van der Waals surface area contributed by atoms with Gasteiger partial charge in [-0.1, -0.05) is 72.8 Å². The molecule has 0 spiro atoms. The van der Waals surface area contributed by atoms with E-state index in [1.54, 1.807) is 30.3 Å². The molecule has 4 heteroatoms. The first-order valence-corrected chi connectivity index (χ1v) is 9.71. The van der Waals surface area contributed by atoms with E-state index in [9.17, 15) is 9.59 Å². The van der Waals surface area contributed by atoms with Crippen molar-refractivity contribution >= 4 is 17.4 Å². The van der Waals surface area contributed by atoms with Crippen molar-refractivity contribution in [1.82, 2.24) is 5.32 Å². The fraction of sp³-hybridized carbons (Fsp3) is 0.200. The molecule has 0 fully saturated rings. The molecule has 29 heavy (non-hydrogen) atoms. The van der Waals surface area contributed by atoms with E-state index in [0.29, 0.717) is 16.8 Å². The SMILES string of the molecule is C[C@H](NC(C)(C)C(=O)Nc1ccccc1C(=O)c1ccccc1)c1ccccc1. The van der Waals surface area contributed by atoms with E-state index in [1.807, 2.05) is 75.4 Å². The van der Waals surface area contributed by atoms with Crippen molar-refractivity contribution in [2.45, 2.75) is 32.4 Å². The van der Waals surface area contributed by atoms with Crippen LogP contribution in [0.15, 0.2) is 84.9 Å². The van der Waals surface area contributed by atoms with Crippen LogP contribution in [0, 0.1) is 0 Å². The molecule has 3 rings (SSSR count). The molecule has 0 aromatic heterocycles. The predicted molar refractivity (Wildman–Crippen MR) is 117 cm³/mol. The molecule has 0 heterocycles. The fourth-order valence-corrected chi connectivity index (χ4v) is 3.25. The molecule has 0 saturated heterocycles. The highest BCUT2D eigenvalue weighted by Gasteiger charge is 2.30. The van der Waals surface area contributed by atoms with Crippen LogP contribution < -0.4 is 10.6 Å². The maximum Gasteiger partial charge on any atom is 0.244 e. The van der Waals surface area contributed by atoms with Crippen LogP contribution in [0.4, 0.5) is 5.69 Å². The third-order valence-corrected chi connectivity index (χ3v) is 4.90. The van der Waals surface area contributed by atoms with E-state index in [1.165, 1.54) is 0 Å². The molecule has 0 saturated carbocycles. The normalized spacial score (nSPS) is 12.2. The maximum absolute atomic E-state index is 13.0. The number of anilines is 1. The molecular weight excluding hydrogens is 360 g/mol. The van der Waals surface area contributed by atoms with E-state index < -0.39 is 5.54 Å². The summed E-state index contributed by atoms with van der Waals surface area (Å²) in [6.07, 6.45) is 0. The van der Waals surface area contributed by atoms with Crippen LogP contribution in [-0.2, 0) is 4.79 Å². The van der Waals surface area contributed by atoms with Gasteiger partial charge in [-0.15, -0.1) is 0 Å². The number of hydrogen-bond acceptors (Lipinski definition) is 3. The number of carbonyl (C=O) groups excluding carboxylic acids is 2. The van der Waals surface area contributed by atoms with Gasteiger partial charge >= 0.3 is 0 Å². The lowest BCUT2D eigenvalue weighted by Gasteiger charge is -2.29. The summed E-state index contributed by atoms with van der Waals surface area (Å²) in [7, 11) is 0. The number of rotatable bonds is 7. The predicted octanol–water partition coefficient (Wildman–Crippen LogP) is 4.99. The average molecular weight is 386 g/mol. The van der Waals surface area contributed by atoms with Crippen LogP contribution in [-0.4, -0.2) is 17.2 Å². The number of nitrogens with one attached hydrogen (secondary N) is 2. The lowest BCUT2D eigenvalue weighted by molar-refractivity contribution is -0.121. The van der Waals surface area contributed by atoms with Crippen LogP contribution in [0.5, 0.6) is 0 Å². The Hall–Kier alpha value is -3.24. The first kappa shape index (κ1) is 20.5. The summed E-state index contributed by atoms with van der Waals surface area (Å²) in [5.41, 5.74) is 1.84. The van der Waals surface area contributed by atoms with Gasteiger partial charge in [-0.25, -0.2) is 0 Å². The molecule has 3 aromatic carbocycles. The Morgan fingerprint density at radius 1 is 0.793 bits per heavy atom. The van der Waals surface area contributed by atoms with Crippen molar-refractivity contribution in [3.63, 3.8) is 0 Å². The zero-order valence-corrected chi connectivity index (χ0v) is 17.0. The number of hydrogen-bond donors (Lipinski definition) is 2. The highest BCUT2D eigenvalue weighted by molar-refractivity contribution is 6.14. The molecule has 0 unspecified atom stereocenters. The summed E-state index contributed by atoms with van der Waals surface area (Å²) in [5.74, 6) is -0.321. The third kappa shape index (κ3) is 4.98. The van der Waals surface area contributed by atoms with Gasteiger partial charge < -0.3 is 5.32 Å². The number of benzene rings is 3. The summed E-state index contributed by atoms with van der Waals surface area (Å²) >= 11 is 0. The van der Waals surface area contributed by atoms with Gasteiger partial charge in [0.1, 0.15) is 0 Å². The Kier molecular flexibility index (Phi) is 6.25. The van der Waals surface area contributed by atoms with Gasteiger partial charge in [0.15, 0.2) is 5.78 Å². The van der Waals surface area contributed by atoms with Crippen LogP contribution in [0.25, 0.3) is 0 Å². The summed E-state index contributed by atoms with van der Waals surface area (Å²) in [5, 5.41) is 6.31. The highest BCUT2D eigenvalue weighted by Crippen LogP contribution is 2.22. The van der Waals surface area contributed by atoms with Crippen molar-refractivity contribution in [2.75, 3.05) is 5.32 Å². The summed E-state index contributed by atoms with van der Waals surface area (Å²) in [6, 6.07) is 26.1. The Morgan fingerprint density at radius 3 is 2.00 bits per heavy atom. The minimum absolute atomic E-state index is 0.00172. The van der Waals surface area contributed by atoms with Gasteiger partial charge in [-0.05, 0) is 38.5 Å². The largest absolute Gasteiger partial charge is 0.324 e. The monoisotopic (exact) mass is 386 g/mol. The Labute approximate surface area is 172 Å². The molecule has 1 atom stereocenters. The van der Waals surface area contributed by atoms with Crippen molar-refractivity contribution < 1.29 is 9.59 Å². The minimum atomic E-state index is -0.835. The van der Waals surface area contributed by atoms with E-state index in [-0.39, 0.29) is 17.7 Å². The molecular formula is C25H26N2O2. The lowest BCUT2D eigenvalue weighted by Crippen LogP contribution is -2.50. The maximum atomic E-state index is 13.0. The van der Waals surface area contributed by atoms with E-state index in [0.717, 1.165) is 5.56 Å². The standard InChI is InChI=1S/C25H26N2O2/c1-18(19-12-6-4-7-13-19)27-25(2,3)24(29)26-22-17-11-10-16-21(22)23(28)20-14-8-5-9-15-20/h4-18,27H,1-3H3,(H,26,29)/t18-/m0/s1. The minimum Gasteiger partial charge on any atom is -0.324 e. The fourth-order valence-electron chi connectivity index (χ4n) is 3.25. The van der Waals surface area contributed by atoms with Gasteiger partial charge in [0, 0.05) is 17.2 Å². The van der Waals surface area contributed by atoms with Crippen molar-refractivity contribution in [3.05, 3.63) is 102 Å². The van der Waals surface area contributed by atoms with E-state index in [4.69, 9.17) is 0 Å². The Bertz CT molecular complexity index is 982. The molecule has 0 bridgehead atoms. The van der Waals surface area contributed by atoms with Gasteiger partial charge in [0.2, 0.25) is 5.91 Å². The molecule has 3 aromatic rings. The molecule has 0 radical (unpaired) electrons. The first-order valence-electron chi connectivity index (χ1n) is 9.71. The Balaban J connectivity index is 1.77. The van der Waals surface area contributed by atoms with Gasteiger partial charge in [-0.3, -0.25) is 14.9 Å². The van der Waals surface area contributed by atoms with Crippen molar-refractivity contribution in [2.24, 2.45) is 0 Å². The second-order valence-electron chi connectivity index (χ2n) is 7.60. The van der Waals surface area contributed by atoms with E-state index >= 15 is 0 Å². The second-order valence-corrected chi connectivity index (χ2v) is 7.60. The topological polar surface area (TPSA) is 58.2 Å². The summed E-state index contributed by atoms with van der Waals surface area (Å²) < 4.78 is 0. The van der Waals surface area contributed by atoms with Gasteiger partial charge in [0.05, 0.1) is 11.2 Å². The average Bonchev–Trinajstić information content (AvgIpc) is 2.74. The van der Waals surface area contributed by atoms with Crippen LogP contribution in [0.3, 0.4) is 0 Å². The molecule has 148 valence electrons. The number of carbonyl (C=O) groups is 2. The number of ketones is 1. The second kappa shape index (κ2) is 8.84. The Morgan fingerprint density at radius 2 is 1.34 bits per heavy atom. The highest BCUT2D eigenvalue weighted by atomic mass is 16.2. The van der Waals surface area contributed by atoms with Gasteiger partial charge in [0.25, 0.3) is 0 Å². The van der Waals surface area contributed by atoms with Crippen molar-refractivity contribution in [1.29, 1.82) is 0 Å². The molecule has 0 aliphatic heterocycles.